The molecule has 156 valence electrons. The second-order valence-electron chi connectivity index (χ2n) is 7.53. The first-order valence-electron chi connectivity index (χ1n) is 10.1. The van der Waals surface area contributed by atoms with E-state index in [1.54, 1.807) is 0 Å². The summed E-state index contributed by atoms with van der Waals surface area (Å²) in [4.78, 5) is 21.4. The van der Waals surface area contributed by atoms with Gasteiger partial charge in [0.1, 0.15) is 11.4 Å². The number of fused-ring (bicyclic) bond motifs is 2. The van der Waals surface area contributed by atoms with E-state index in [-0.39, 0.29) is 23.6 Å². The lowest BCUT2D eigenvalue weighted by atomic mass is 9.95. The van der Waals surface area contributed by atoms with E-state index in [1.165, 1.54) is 18.1 Å². The quantitative estimate of drug-likeness (QED) is 0.468. The molecule has 1 aliphatic heterocycles. The molecule has 0 spiro atoms. The first-order valence-corrected chi connectivity index (χ1v) is 11.1. The monoisotopic (exact) mass is 423 g/mol. The van der Waals surface area contributed by atoms with Gasteiger partial charge in [-0.15, -0.1) is 0 Å². The molecule has 2 heterocycles. The number of carbonyl (C=O) groups excluding carboxylic acids is 1. The Hall–Kier alpha value is -2.80. The fourth-order valence-electron chi connectivity index (χ4n) is 3.45. The lowest BCUT2D eigenvalue weighted by molar-refractivity contribution is -0.119. The second-order valence-corrected chi connectivity index (χ2v) is 8.49. The lowest BCUT2D eigenvalue weighted by Crippen LogP contribution is -2.33. The van der Waals surface area contributed by atoms with E-state index in [2.05, 4.69) is 29.1 Å². The van der Waals surface area contributed by atoms with Crippen molar-refractivity contribution >= 4 is 28.6 Å². The third-order valence-corrected chi connectivity index (χ3v) is 5.97. The molecule has 0 aliphatic carbocycles. The van der Waals surface area contributed by atoms with Gasteiger partial charge in [-0.1, -0.05) is 49.9 Å². The number of benzene rings is 2. The van der Waals surface area contributed by atoms with Gasteiger partial charge in [0.15, 0.2) is 11.5 Å². The molecule has 1 aromatic heterocycles. The maximum Gasteiger partial charge on any atom is 0.230 e. The van der Waals surface area contributed by atoms with Crippen molar-refractivity contribution in [2.24, 2.45) is 5.92 Å². The zero-order chi connectivity index (χ0) is 20.9. The Kier molecular flexibility index (Phi) is 6.38. The summed E-state index contributed by atoms with van der Waals surface area (Å²) in [6.07, 6.45) is 2.40. The fraction of sp³-hybridized carbons (Fsp3) is 0.348. The number of para-hydroxylation sites is 1. The molecule has 3 aromatic rings. The average molecular weight is 424 g/mol. The number of hydrogen-bond donors (Lipinski definition) is 1. The highest BCUT2D eigenvalue weighted by Gasteiger charge is 2.21. The zero-order valence-electron chi connectivity index (χ0n) is 17.1. The van der Waals surface area contributed by atoms with Crippen LogP contribution in [-0.4, -0.2) is 34.8 Å². The number of nitrogens with one attached hydrogen (secondary N) is 1. The molecule has 0 radical (unpaired) electrons. The van der Waals surface area contributed by atoms with E-state index in [0.717, 1.165) is 39.4 Å². The van der Waals surface area contributed by atoms with Crippen molar-refractivity contribution in [3.63, 3.8) is 0 Å². The van der Waals surface area contributed by atoms with E-state index >= 15 is 0 Å². The van der Waals surface area contributed by atoms with Crippen molar-refractivity contribution in [1.29, 1.82) is 0 Å². The molecule has 1 N–H and O–H groups in total. The summed E-state index contributed by atoms with van der Waals surface area (Å²) in [6.45, 7) is 5.49. The minimum atomic E-state index is -0.114. The van der Waals surface area contributed by atoms with Crippen molar-refractivity contribution in [1.82, 2.24) is 15.3 Å². The molecule has 1 aliphatic rings. The van der Waals surface area contributed by atoms with Crippen molar-refractivity contribution in [2.75, 3.05) is 19.0 Å². The normalized spacial score (nSPS) is 14.4. The zero-order valence-corrected chi connectivity index (χ0v) is 17.9. The minimum absolute atomic E-state index is 0.0338. The molecule has 1 amide bonds. The summed E-state index contributed by atoms with van der Waals surface area (Å²) >= 11 is 1.42. The highest BCUT2D eigenvalue weighted by Crippen LogP contribution is 2.34. The molecule has 1 atom stereocenters. The van der Waals surface area contributed by atoms with Gasteiger partial charge in [0, 0.05) is 11.8 Å². The van der Waals surface area contributed by atoms with Gasteiger partial charge in [-0.05, 0) is 29.7 Å². The van der Waals surface area contributed by atoms with Gasteiger partial charge in [0.05, 0.1) is 30.5 Å². The molecular weight excluding hydrogens is 398 g/mol. The molecule has 0 saturated carbocycles. The summed E-state index contributed by atoms with van der Waals surface area (Å²) in [7, 11) is 0. The van der Waals surface area contributed by atoms with Crippen LogP contribution in [0.2, 0.25) is 0 Å². The summed E-state index contributed by atoms with van der Waals surface area (Å²) in [5, 5.41) is 4.95. The maximum absolute atomic E-state index is 12.8. The number of aromatic nitrogens is 2. The largest absolute Gasteiger partial charge is 0.490 e. The third kappa shape index (κ3) is 4.67. The number of nitrogens with zero attached hydrogens (tertiary/aromatic N) is 2. The third-order valence-electron chi connectivity index (χ3n) is 4.96. The van der Waals surface area contributed by atoms with Crippen LogP contribution in [0.1, 0.15) is 31.9 Å². The van der Waals surface area contributed by atoms with E-state index in [9.17, 15) is 4.79 Å². The minimum Gasteiger partial charge on any atom is -0.490 e. The topological polar surface area (TPSA) is 73.3 Å². The van der Waals surface area contributed by atoms with Gasteiger partial charge in [-0.3, -0.25) is 4.79 Å². The van der Waals surface area contributed by atoms with Crippen LogP contribution in [0, 0.1) is 5.92 Å². The highest BCUT2D eigenvalue weighted by atomic mass is 32.2. The lowest BCUT2D eigenvalue weighted by Gasteiger charge is -2.24. The number of amides is 1. The predicted molar refractivity (Wildman–Crippen MR) is 118 cm³/mol. The molecule has 0 saturated heterocycles. The van der Waals surface area contributed by atoms with Crippen LogP contribution in [0.3, 0.4) is 0 Å². The molecule has 6 nitrogen and oxygen atoms in total. The van der Waals surface area contributed by atoms with Gasteiger partial charge in [0.2, 0.25) is 5.91 Å². The van der Waals surface area contributed by atoms with Crippen LogP contribution in [0.4, 0.5) is 0 Å². The highest BCUT2D eigenvalue weighted by molar-refractivity contribution is 8.00. The van der Waals surface area contributed by atoms with Crippen molar-refractivity contribution < 1.29 is 14.3 Å². The first-order chi connectivity index (χ1) is 14.6. The van der Waals surface area contributed by atoms with Crippen molar-refractivity contribution in [3.05, 3.63) is 54.4 Å². The Morgan fingerprint density at radius 1 is 1.10 bits per heavy atom. The van der Waals surface area contributed by atoms with Crippen LogP contribution in [0.15, 0.2) is 53.8 Å². The van der Waals surface area contributed by atoms with Crippen LogP contribution in [0.25, 0.3) is 10.9 Å². The van der Waals surface area contributed by atoms with Crippen LogP contribution < -0.4 is 14.8 Å². The summed E-state index contributed by atoms with van der Waals surface area (Å²) in [6, 6.07) is 13.6. The maximum atomic E-state index is 12.8. The molecule has 30 heavy (non-hydrogen) atoms. The molecule has 0 bridgehead atoms. The number of rotatable bonds is 6. The smallest absolute Gasteiger partial charge is 0.230 e. The Bertz CT molecular complexity index is 1040. The van der Waals surface area contributed by atoms with Crippen molar-refractivity contribution in [2.45, 2.75) is 31.3 Å². The predicted octanol–water partition coefficient (Wildman–Crippen LogP) is 4.40. The van der Waals surface area contributed by atoms with Gasteiger partial charge in [-0.2, -0.15) is 0 Å². The van der Waals surface area contributed by atoms with Gasteiger partial charge in [0.25, 0.3) is 0 Å². The van der Waals surface area contributed by atoms with Crippen LogP contribution >= 0.6 is 11.8 Å². The summed E-state index contributed by atoms with van der Waals surface area (Å²) < 4.78 is 11.5. The van der Waals surface area contributed by atoms with Gasteiger partial charge < -0.3 is 14.8 Å². The van der Waals surface area contributed by atoms with E-state index in [4.69, 9.17) is 9.47 Å². The SMILES string of the molecule is CC(C)C(NC(=O)CSc1ncnc2ccccc12)c1ccc2c(c1)OCCCO2. The Balaban J connectivity index is 1.45. The Morgan fingerprint density at radius 2 is 1.90 bits per heavy atom. The van der Waals surface area contributed by atoms with Gasteiger partial charge in [-0.25, -0.2) is 9.97 Å². The average Bonchev–Trinajstić information content (AvgIpc) is 3.00. The van der Waals surface area contributed by atoms with Crippen molar-refractivity contribution in [3.8, 4) is 11.5 Å². The molecule has 0 fully saturated rings. The van der Waals surface area contributed by atoms with Gasteiger partial charge >= 0.3 is 0 Å². The van der Waals surface area contributed by atoms with E-state index in [0.29, 0.717) is 13.2 Å². The molecule has 4 rings (SSSR count). The second kappa shape index (κ2) is 9.34. The molecule has 1 unspecified atom stereocenters. The first kappa shape index (κ1) is 20.5. The molecule has 7 heteroatoms. The number of carbonyl (C=O) groups is 1. The Morgan fingerprint density at radius 3 is 2.73 bits per heavy atom. The Labute approximate surface area is 180 Å². The van der Waals surface area contributed by atoms with E-state index < -0.39 is 0 Å². The number of thioether (sulfide) groups is 1. The van der Waals surface area contributed by atoms with Crippen LogP contribution in [0.5, 0.6) is 11.5 Å². The fourth-order valence-corrected chi connectivity index (χ4v) is 4.25. The summed E-state index contributed by atoms with van der Waals surface area (Å²) in [5.74, 6) is 1.98. The van der Waals surface area contributed by atoms with Crippen LogP contribution in [-0.2, 0) is 4.79 Å². The molecular formula is C23H25N3O3S. The standard InChI is InChI=1S/C23H25N3O3S/c1-15(2)22(16-8-9-19-20(12-16)29-11-5-10-28-19)26-21(27)13-30-23-17-6-3-4-7-18(17)24-14-25-23/h3-4,6-9,12,14-15,22H,5,10-11,13H2,1-2H3,(H,26,27). The molecule has 2 aromatic carbocycles. The number of ether oxygens (including phenoxy) is 2. The van der Waals surface area contributed by atoms with E-state index in [1.807, 2.05) is 42.5 Å². The number of hydrogen-bond acceptors (Lipinski definition) is 6. The summed E-state index contributed by atoms with van der Waals surface area (Å²) in [5.41, 5.74) is 1.89.